The molecule has 0 amide bonds. The van der Waals surface area contributed by atoms with Gasteiger partial charge in [0.15, 0.2) is 0 Å². The second kappa shape index (κ2) is 3.94. The van der Waals surface area contributed by atoms with Crippen LogP contribution in [-0.4, -0.2) is 16.1 Å². The number of aliphatic carboxylic acids is 1. The van der Waals surface area contributed by atoms with Gasteiger partial charge in [0.2, 0.25) is 0 Å². The molecule has 0 aliphatic carbocycles. The molecule has 5 heteroatoms. The number of carbonyl (C=O) groups is 1. The maximum absolute atomic E-state index is 10.5. The molecule has 1 heterocycles. The van der Waals surface area contributed by atoms with Gasteiger partial charge in [-0.15, -0.1) is 0 Å². The van der Waals surface area contributed by atoms with Crippen LogP contribution in [0.15, 0.2) is 18.5 Å². The monoisotopic (exact) mass is 214 g/mol. The van der Waals surface area contributed by atoms with Gasteiger partial charge in [0.1, 0.15) is 0 Å². The van der Waals surface area contributed by atoms with Gasteiger partial charge < -0.3 is 10.8 Å². The zero-order valence-corrected chi connectivity index (χ0v) is 8.45. The first-order valence-electron chi connectivity index (χ1n) is 4.03. The topological polar surface area (TPSA) is 76.2 Å². The number of hydrogen-bond acceptors (Lipinski definition) is 3. The van der Waals surface area contributed by atoms with Gasteiger partial charge in [-0.25, -0.2) is 0 Å². The number of hydrogen-bond donors (Lipinski definition) is 2. The minimum atomic E-state index is -0.949. The lowest BCUT2D eigenvalue weighted by atomic mass is 9.91. The summed E-state index contributed by atoms with van der Waals surface area (Å²) >= 11 is 5.72. The van der Waals surface area contributed by atoms with Crippen LogP contribution in [0.2, 0.25) is 5.02 Å². The number of pyridine rings is 1. The lowest BCUT2D eigenvalue weighted by Crippen LogP contribution is -2.35. The molecule has 0 spiro atoms. The Bertz CT molecular complexity index is 352. The molecular formula is C9H11ClN2O2. The van der Waals surface area contributed by atoms with Gasteiger partial charge >= 0.3 is 5.97 Å². The fourth-order valence-corrected chi connectivity index (χ4v) is 1.31. The number of nitrogens with two attached hydrogens (primary N) is 1. The summed E-state index contributed by atoms with van der Waals surface area (Å²) in [6.45, 7) is 1.63. The summed E-state index contributed by atoms with van der Waals surface area (Å²) < 4.78 is 0. The third kappa shape index (κ3) is 2.68. The van der Waals surface area contributed by atoms with Crippen LogP contribution < -0.4 is 5.73 Å². The van der Waals surface area contributed by atoms with E-state index >= 15 is 0 Å². The third-order valence-electron chi connectivity index (χ3n) is 1.88. The van der Waals surface area contributed by atoms with Crippen molar-refractivity contribution < 1.29 is 9.90 Å². The zero-order chi connectivity index (χ0) is 10.8. The maximum atomic E-state index is 10.5. The highest BCUT2D eigenvalue weighted by Crippen LogP contribution is 2.22. The maximum Gasteiger partial charge on any atom is 0.305 e. The Morgan fingerprint density at radius 2 is 2.36 bits per heavy atom. The quantitative estimate of drug-likeness (QED) is 0.797. The van der Waals surface area contributed by atoms with Crippen LogP contribution in [0.4, 0.5) is 0 Å². The molecule has 1 aromatic rings. The molecule has 0 unspecified atom stereocenters. The molecule has 1 aromatic heterocycles. The van der Waals surface area contributed by atoms with Gasteiger partial charge in [0.25, 0.3) is 0 Å². The van der Waals surface area contributed by atoms with Crippen LogP contribution in [-0.2, 0) is 10.3 Å². The first-order valence-corrected chi connectivity index (χ1v) is 4.41. The van der Waals surface area contributed by atoms with Crippen LogP contribution in [0, 0.1) is 0 Å². The Kier molecular flexibility index (Phi) is 3.08. The molecule has 0 aliphatic heterocycles. The van der Waals surface area contributed by atoms with E-state index < -0.39 is 11.5 Å². The standard InChI is InChI=1S/C9H11ClN2O2/c1-9(11,3-8(13)14)6-2-7(10)5-12-4-6/h2,4-5H,3,11H2,1H3,(H,13,14)/t9-/m1/s1. The summed E-state index contributed by atoms with van der Waals surface area (Å²) in [5.74, 6) is -0.949. The largest absolute Gasteiger partial charge is 0.481 e. The fourth-order valence-electron chi connectivity index (χ4n) is 1.14. The van der Waals surface area contributed by atoms with Crippen molar-refractivity contribution in [2.24, 2.45) is 5.73 Å². The lowest BCUT2D eigenvalue weighted by molar-refractivity contribution is -0.138. The fraction of sp³-hybridized carbons (Fsp3) is 0.333. The summed E-state index contributed by atoms with van der Waals surface area (Å²) in [5, 5.41) is 9.09. The summed E-state index contributed by atoms with van der Waals surface area (Å²) in [5.41, 5.74) is 5.51. The molecule has 0 saturated heterocycles. The van der Waals surface area contributed by atoms with E-state index in [2.05, 4.69) is 4.98 Å². The highest BCUT2D eigenvalue weighted by Gasteiger charge is 2.25. The Morgan fingerprint density at radius 1 is 1.71 bits per heavy atom. The first kappa shape index (κ1) is 10.9. The SMILES string of the molecule is C[C@@](N)(CC(=O)O)c1cncc(Cl)c1. The molecular weight excluding hydrogens is 204 g/mol. The minimum Gasteiger partial charge on any atom is -0.481 e. The molecule has 0 aliphatic rings. The molecule has 14 heavy (non-hydrogen) atoms. The number of aromatic nitrogens is 1. The lowest BCUT2D eigenvalue weighted by Gasteiger charge is -2.22. The molecule has 4 nitrogen and oxygen atoms in total. The van der Waals surface area contributed by atoms with Crippen molar-refractivity contribution in [3.05, 3.63) is 29.0 Å². The van der Waals surface area contributed by atoms with E-state index in [0.29, 0.717) is 10.6 Å². The Balaban J connectivity index is 2.97. The zero-order valence-electron chi connectivity index (χ0n) is 7.70. The van der Waals surface area contributed by atoms with E-state index in [1.165, 1.54) is 12.4 Å². The van der Waals surface area contributed by atoms with Gasteiger partial charge in [0, 0.05) is 12.4 Å². The second-order valence-electron chi connectivity index (χ2n) is 3.38. The normalized spacial score (nSPS) is 14.8. The highest BCUT2D eigenvalue weighted by molar-refractivity contribution is 6.30. The van der Waals surface area contributed by atoms with Crippen molar-refractivity contribution in [1.82, 2.24) is 4.98 Å². The van der Waals surface area contributed by atoms with Crippen LogP contribution in [0.5, 0.6) is 0 Å². The van der Waals surface area contributed by atoms with Gasteiger partial charge in [-0.2, -0.15) is 0 Å². The average Bonchev–Trinajstić information content (AvgIpc) is 2.01. The van der Waals surface area contributed by atoms with E-state index in [1.807, 2.05) is 0 Å². The van der Waals surface area contributed by atoms with Crippen molar-refractivity contribution >= 4 is 17.6 Å². The van der Waals surface area contributed by atoms with E-state index in [-0.39, 0.29) is 6.42 Å². The van der Waals surface area contributed by atoms with Crippen molar-refractivity contribution in [3.8, 4) is 0 Å². The van der Waals surface area contributed by atoms with Gasteiger partial charge in [-0.1, -0.05) is 11.6 Å². The number of nitrogens with zero attached hydrogens (tertiary/aromatic N) is 1. The Labute approximate surface area is 86.7 Å². The molecule has 0 saturated carbocycles. The molecule has 3 N–H and O–H groups in total. The summed E-state index contributed by atoms with van der Waals surface area (Å²) in [4.78, 5) is 14.4. The molecule has 0 fully saturated rings. The smallest absolute Gasteiger partial charge is 0.305 e. The molecule has 0 radical (unpaired) electrons. The molecule has 1 atom stereocenters. The van der Waals surface area contributed by atoms with E-state index in [9.17, 15) is 4.79 Å². The van der Waals surface area contributed by atoms with Crippen molar-refractivity contribution in [2.45, 2.75) is 18.9 Å². The van der Waals surface area contributed by atoms with Gasteiger partial charge in [0.05, 0.1) is 17.0 Å². The van der Waals surface area contributed by atoms with Crippen molar-refractivity contribution in [3.63, 3.8) is 0 Å². The predicted octanol–water partition coefficient (Wildman–Crippen LogP) is 1.38. The number of halogens is 1. The Morgan fingerprint density at radius 3 is 2.86 bits per heavy atom. The predicted molar refractivity (Wildman–Crippen MR) is 53.0 cm³/mol. The molecule has 0 bridgehead atoms. The van der Waals surface area contributed by atoms with Gasteiger partial charge in [-0.3, -0.25) is 9.78 Å². The Hall–Kier alpha value is -1.13. The van der Waals surface area contributed by atoms with E-state index in [1.54, 1.807) is 13.0 Å². The van der Waals surface area contributed by atoms with Crippen molar-refractivity contribution in [2.75, 3.05) is 0 Å². The number of carboxylic acid groups (broad SMARTS) is 1. The van der Waals surface area contributed by atoms with Crippen LogP contribution in [0.25, 0.3) is 0 Å². The second-order valence-corrected chi connectivity index (χ2v) is 3.82. The minimum absolute atomic E-state index is 0.158. The number of carboxylic acids is 1. The molecule has 76 valence electrons. The van der Waals surface area contributed by atoms with E-state index in [0.717, 1.165) is 0 Å². The first-order chi connectivity index (χ1) is 6.42. The third-order valence-corrected chi connectivity index (χ3v) is 2.09. The average molecular weight is 215 g/mol. The number of rotatable bonds is 3. The van der Waals surface area contributed by atoms with Gasteiger partial charge in [-0.05, 0) is 18.6 Å². The molecule has 1 rings (SSSR count). The molecule has 0 aromatic carbocycles. The van der Waals surface area contributed by atoms with Crippen LogP contribution in [0.3, 0.4) is 0 Å². The summed E-state index contributed by atoms with van der Waals surface area (Å²) in [6.07, 6.45) is 2.84. The summed E-state index contributed by atoms with van der Waals surface area (Å²) in [7, 11) is 0. The van der Waals surface area contributed by atoms with Crippen LogP contribution in [0.1, 0.15) is 18.9 Å². The van der Waals surface area contributed by atoms with E-state index in [4.69, 9.17) is 22.4 Å². The van der Waals surface area contributed by atoms with Crippen LogP contribution >= 0.6 is 11.6 Å². The summed E-state index contributed by atoms with van der Waals surface area (Å²) in [6, 6.07) is 1.62. The van der Waals surface area contributed by atoms with Crippen molar-refractivity contribution in [1.29, 1.82) is 0 Å². The highest BCUT2D eigenvalue weighted by atomic mass is 35.5.